The molecule has 3 heteroatoms. The average Bonchev–Trinajstić information content (AvgIpc) is 2.27. The molecule has 1 fully saturated rings. The van der Waals surface area contributed by atoms with Gasteiger partial charge in [-0.3, -0.25) is 0 Å². The van der Waals surface area contributed by atoms with E-state index in [0.29, 0.717) is 15.9 Å². The van der Waals surface area contributed by atoms with E-state index in [1.54, 1.807) is 6.07 Å². The van der Waals surface area contributed by atoms with E-state index in [9.17, 15) is 4.39 Å². The van der Waals surface area contributed by atoms with Crippen LogP contribution in [0.1, 0.15) is 39.5 Å². The van der Waals surface area contributed by atoms with Crippen molar-refractivity contribution in [3.63, 3.8) is 0 Å². The van der Waals surface area contributed by atoms with Crippen LogP contribution in [-0.4, -0.2) is 6.04 Å². The summed E-state index contributed by atoms with van der Waals surface area (Å²) < 4.78 is 13.6. The fourth-order valence-electron chi connectivity index (χ4n) is 2.37. The Bertz CT molecular complexity index is 393. The number of hydrogen-bond donors (Lipinski definition) is 1. The van der Waals surface area contributed by atoms with Crippen LogP contribution in [0.4, 0.5) is 10.1 Å². The SMILES string of the molecule is CC1(C)CCC(Nc2ccc(F)c(Br)c2)CC1. The van der Waals surface area contributed by atoms with Gasteiger partial charge in [0.1, 0.15) is 5.82 Å². The summed E-state index contributed by atoms with van der Waals surface area (Å²) in [6, 6.07) is 5.65. The molecule has 0 radical (unpaired) electrons. The number of benzene rings is 1. The van der Waals surface area contributed by atoms with E-state index in [1.165, 1.54) is 31.7 Å². The quantitative estimate of drug-likeness (QED) is 0.813. The molecule has 0 unspecified atom stereocenters. The van der Waals surface area contributed by atoms with Gasteiger partial charge in [0, 0.05) is 11.7 Å². The van der Waals surface area contributed by atoms with E-state index in [4.69, 9.17) is 0 Å². The molecule has 94 valence electrons. The van der Waals surface area contributed by atoms with Gasteiger partial charge in [-0.05, 0) is 65.2 Å². The lowest BCUT2D eigenvalue weighted by molar-refractivity contribution is 0.232. The molecule has 1 aliphatic carbocycles. The van der Waals surface area contributed by atoms with Crippen molar-refractivity contribution in [3.05, 3.63) is 28.5 Å². The molecule has 1 N–H and O–H groups in total. The van der Waals surface area contributed by atoms with Crippen molar-refractivity contribution >= 4 is 21.6 Å². The van der Waals surface area contributed by atoms with E-state index in [2.05, 4.69) is 35.1 Å². The Balaban J connectivity index is 1.95. The first-order valence-electron chi connectivity index (χ1n) is 6.18. The lowest BCUT2D eigenvalue weighted by Crippen LogP contribution is -2.29. The Hall–Kier alpha value is -0.570. The van der Waals surface area contributed by atoms with Gasteiger partial charge in [0.2, 0.25) is 0 Å². The highest BCUT2D eigenvalue weighted by Gasteiger charge is 2.26. The van der Waals surface area contributed by atoms with E-state index in [-0.39, 0.29) is 5.82 Å². The summed E-state index contributed by atoms with van der Waals surface area (Å²) in [5.74, 6) is -0.208. The summed E-state index contributed by atoms with van der Waals surface area (Å²) in [6.07, 6.45) is 4.91. The molecule has 1 aliphatic rings. The fourth-order valence-corrected chi connectivity index (χ4v) is 2.74. The predicted octanol–water partition coefficient (Wildman–Crippen LogP) is 4.97. The van der Waals surface area contributed by atoms with E-state index in [1.807, 2.05) is 6.07 Å². The Labute approximate surface area is 111 Å². The third-order valence-corrected chi connectivity index (χ3v) is 4.24. The largest absolute Gasteiger partial charge is 0.382 e. The summed E-state index contributed by atoms with van der Waals surface area (Å²) >= 11 is 3.21. The highest BCUT2D eigenvalue weighted by atomic mass is 79.9. The first kappa shape index (κ1) is 12.9. The Kier molecular flexibility index (Phi) is 3.76. The van der Waals surface area contributed by atoms with Crippen molar-refractivity contribution in [2.45, 2.75) is 45.6 Å². The molecule has 0 spiro atoms. The normalized spacial score (nSPS) is 20.2. The Morgan fingerprint density at radius 1 is 1.29 bits per heavy atom. The van der Waals surface area contributed by atoms with Crippen LogP contribution in [0.3, 0.4) is 0 Å². The maximum Gasteiger partial charge on any atom is 0.137 e. The number of hydrogen-bond acceptors (Lipinski definition) is 1. The van der Waals surface area contributed by atoms with E-state index in [0.717, 1.165) is 5.69 Å². The summed E-state index contributed by atoms with van der Waals surface area (Å²) in [7, 11) is 0. The molecule has 0 heterocycles. The highest BCUT2D eigenvalue weighted by Crippen LogP contribution is 2.36. The van der Waals surface area contributed by atoms with Gasteiger partial charge in [-0.2, -0.15) is 0 Å². The molecule has 1 nitrogen and oxygen atoms in total. The lowest BCUT2D eigenvalue weighted by Gasteiger charge is -2.35. The first-order chi connectivity index (χ1) is 7.96. The summed E-state index contributed by atoms with van der Waals surface area (Å²) in [5.41, 5.74) is 1.49. The zero-order valence-corrected chi connectivity index (χ0v) is 12.0. The van der Waals surface area contributed by atoms with Gasteiger partial charge in [-0.25, -0.2) is 4.39 Å². The fraction of sp³-hybridized carbons (Fsp3) is 0.571. The van der Waals surface area contributed by atoms with Gasteiger partial charge in [0.25, 0.3) is 0 Å². The molecule has 0 saturated heterocycles. The second kappa shape index (κ2) is 4.97. The molecule has 0 atom stereocenters. The minimum absolute atomic E-state index is 0.208. The van der Waals surface area contributed by atoms with Crippen LogP contribution in [0.15, 0.2) is 22.7 Å². The van der Waals surface area contributed by atoms with Gasteiger partial charge in [-0.15, -0.1) is 0 Å². The molecule has 2 rings (SSSR count). The second-order valence-corrected chi connectivity index (χ2v) is 6.57. The van der Waals surface area contributed by atoms with Crippen LogP contribution >= 0.6 is 15.9 Å². The maximum absolute atomic E-state index is 13.1. The highest BCUT2D eigenvalue weighted by molar-refractivity contribution is 9.10. The third kappa shape index (κ3) is 3.44. The molecular formula is C14H19BrFN. The van der Waals surface area contributed by atoms with Crippen molar-refractivity contribution in [3.8, 4) is 0 Å². The number of halogens is 2. The van der Waals surface area contributed by atoms with E-state index >= 15 is 0 Å². The van der Waals surface area contributed by atoms with Gasteiger partial charge < -0.3 is 5.32 Å². The standard InChI is InChI=1S/C14H19BrFN/c1-14(2)7-5-10(6-8-14)17-11-3-4-13(16)12(15)9-11/h3-4,9-10,17H,5-8H2,1-2H3. The molecule has 0 aliphatic heterocycles. The number of rotatable bonds is 2. The number of anilines is 1. The van der Waals surface area contributed by atoms with Crippen molar-refractivity contribution in [2.75, 3.05) is 5.32 Å². The monoisotopic (exact) mass is 299 g/mol. The van der Waals surface area contributed by atoms with Gasteiger partial charge >= 0.3 is 0 Å². The van der Waals surface area contributed by atoms with Gasteiger partial charge in [0.05, 0.1) is 4.47 Å². The van der Waals surface area contributed by atoms with Gasteiger partial charge in [0.15, 0.2) is 0 Å². The van der Waals surface area contributed by atoms with Crippen molar-refractivity contribution < 1.29 is 4.39 Å². The topological polar surface area (TPSA) is 12.0 Å². The molecule has 1 aromatic rings. The minimum Gasteiger partial charge on any atom is -0.382 e. The Morgan fingerprint density at radius 2 is 1.94 bits per heavy atom. The summed E-state index contributed by atoms with van der Waals surface area (Å²) in [4.78, 5) is 0. The minimum atomic E-state index is -0.208. The third-order valence-electron chi connectivity index (χ3n) is 3.63. The van der Waals surface area contributed by atoms with Crippen molar-refractivity contribution in [1.82, 2.24) is 0 Å². The smallest absolute Gasteiger partial charge is 0.137 e. The molecular weight excluding hydrogens is 281 g/mol. The predicted molar refractivity (Wildman–Crippen MR) is 73.8 cm³/mol. The zero-order chi connectivity index (χ0) is 12.5. The summed E-state index contributed by atoms with van der Waals surface area (Å²) in [6.45, 7) is 4.66. The summed E-state index contributed by atoms with van der Waals surface area (Å²) in [5, 5.41) is 3.49. The van der Waals surface area contributed by atoms with Crippen LogP contribution in [0.2, 0.25) is 0 Å². The van der Waals surface area contributed by atoms with Crippen LogP contribution < -0.4 is 5.32 Å². The second-order valence-electron chi connectivity index (χ2n) is 5.71. The zero-order valence-electron chi connectivity index (χ0n) is 10.4. The maximum atomic E-state index is 13.1. The van der Waals surface area contributed by atoms with Crippen LogP contribution in [-0.2, 0) is 0 Å². The molecule has 0 amide bonds. The van der Waals surface area contributed by atoms with Crippen LogP contribution in [0.5, 0.6) is 0 Å². The molecule has 0 bridgehead atoms. The van der Waals surface area contributed by atoms with Gasteiger partial charge in [-0.1, -0.05) is 13.8 Å². The molecule has 1 aromatic carbocycles. The lowest BCUT2D eigenvalue weighted by atomic mass is 9.75. The van der Waals surface area contributed by atoms with Crippen molar-refractivity contribution in [2.24, 2.45) is 5.41 Å². The molecule has 1 saturated carbocycles. The average molecular weight is 300 g/mol. The molecule has 17 heavy (non-hydrogen) atoms. The number of nitrogens with one attached hydrogen (secondary N) is 1. The molecule has 0 aromatic heterocycles. The van der Waals surface area contributed by atoms with E-state index < -0.39 is 0 Å². The Morgan fingerprint density at radius 3 is 2.53 bits per heavy atom. The van der Waals surface area contributed by atoms with Crippen LogP contribution in [0.25, 0.3) is 0 Å². The first-order valence-corrected chi connectivity index (χ1v) is 6.97. The van der Waals surface area contributed by atoms with Crippen LogP contribution in [0, 0.1) is 11.2 Å². The van der Waals surface area contributed by atoms with Crippen molar-refractivity contribution in [1.29, 1.82) is 0 Å².